The van der Waals surface area contributed by atoms with Crippen molar-refractivity contribution in [2.24, 2.45) is 0 Å². The van der Waals surface area contributed by atoms with Gasteiger partial charge in [0.05, 0.1) is 11.8 Å². The lowest BCUT2D eigenvalue weighted by Crippen LogP contribution is -2.08. The first-order chi connectivity index (χ1) is 8.13. The summed E-state index contributed by atoms with van der Waals surface area (Å²) in [6.07, 6.45) is 0. The highest BCUT2D eigenvalue weighted by molar-refractivity contribution is 9.10. The smallest absolute Gasteiger partial charge is 0.254 e. The van der Waals surface area contributed by atoms with Crippen LogP contribution in [0, 0.1) is 0 Å². The summed E-state index contributed by atoms with van der Waals surface area (Å²) in [7, 11) is 0. The Morgan fingerprint density at radius 3 is 2.71 bits per heavy atom. The molecule has 0 saturated carbocycles. The summed E-state index contributed by atoms with van der Waals surface area (Å²) in [4.78, 5) is 18.6. The molecule has 1 aromatic carbocycles. The van der Waals surface area contributed by atoms with Crippen molar-refractivity contribution in [2.45, 2.75) is 10.6 Å². The highest BCUT2D eigenvalue weighted by Crippen LogP contribution is 2.23. The summed E-state index contributed by atoms with van der Waals surface area (Å²) in [5.41, 5.74) is -0.344. The Kier molecular flexibility index (Phi) is 3.86. The summed E-state index contributed by atoms with van der Waals surface area (Å²) in [6.45, 7) is 0. The molecular formula is C11H9BrN2O2S. The molecule has 0 spiro atoms. The Bertz CT molecular complexity index is 568. The minimum Gasteiger partial charge on any atom is -0.493 e. The van der Waals surface area contributed by atoms with Gasteiger partial charge in [-0.05, 0) is 24.3 Å². The van der Waals surface area contributed by atoms with Crippen molar-refractivity contribution in [3.8, 4) is 5.88 Å². The predicted octanol–water partition coefficient (Wildman–Crippen LogP) is 2.53. The van der Waals surface area contributed by atoms with Crippen molar-refractivity contribution in [1.82, 2.24) is 9.97 Å². The molecule has 0 unspecified atom stereocenters. The van der Waals surface area contributed by atoms with Gasteiger partial charge in [0, 0.05) is 9.37 Å². The van der Waals surface area contributed by atoms with Gasteiger partial charge in [-0.15, -0.1) is 11.8 Å². The zero-order valence-corrected chi connectivity index (χ0v) is 11.1. The fraction of sp³-hybridized carbons (Fsp3) is 0.0909. The lowest BCUT2D eigenvalue weighted by Gasteiger charge is -2.01. The zero-order chi connectivity index (χ0) is 12.3. The van der Waals surface area contributed by atoms with Crippen molar-refractivity contribution in [1.29, 1.82) is 0 Å². The third-order valence-electron chi connectivity index (χ3n) is 1.97. The second-order valence-electron chi connectivity index (χ2n) is 3.29. The molecule has 4 nitrogen and oxygen atoms in total. The van der Waals surface area contributed by atoms with Gasteiger partial charge in [-0.3, -0.25) is 4.79 Å². The first-order valence-corrected chi connectivity index (χ1v) is 6.59. The van der Waals surface area contributed by atoms with Gasteiger partial charge in [-0.25, -0.2) is 0 Å². The maximum Gasteiger partial charge on any atom is 0.254 e. The van der Waals surface area contributed by atoms with Crippen LogP contribution in [0.3, 0.4) is 0 Å². The molecule has 0 atom stereocenters. The van der Waals surface area contributed by atoms with Gasteiger partial charge in [-0.2, -0.15) is 4.98 Å². The fourth-order valence-electron chi connectivity index (χ4n) is 1.24. The van der Waals surface area contributed by atoms with Crippen LogP contribution in [-0.2, 0) is 5.75 Å². The molecule has 2 rings (SSSR count). The molecule has 0 aliphatic rings. The molecule has 0 aliphatic carbocycles. The van der Waals surface area contributed by atoms with Gasteiger partial charge in [-0.1, -0.05) is 15.9 Å². The Morgan fingerprint density at radius 2 is 2.06 bits per heavy atom. The van der Waals surface area contributed by atoms with E-state index in [0.717, 1.165) is 15.4 Å². The standard InChI is InChI=1S/C11H9BrN2O2S/c12-7-1-3-8(4-2-7)17-6-9-13-10(15)5-11(16)14-9/h1-5H,6H2,(H2,13,14,15,16). The van der Waals surface area contributed by atoms with Crippen molar-refractivity contribution in [3.63, 3.8) is 0 Å². The van der Waals surface area contributed by atoms with Crippen LogP contribution in [0.4, 0.5) is 0 Å². The number of benzene rings is 1. The number of halogens is 1. The Hall–Kier alpha value is -1.27. The van der Waals surface area contributed by atoms with Crippen molar-refractivity contribution < 1.29 is 5.11 Å². The molecule has 2 N–H and O–H groups in total. The molecule has 0 radical (unpaired) electrons. The summed E-state index contributed by atoms with van der Waals surface area (Å²) >= 11 is 4.89. The van der Waals surface area contributed by atoms with Gasteiger partial charge >= 0.3 is 0 Å². The number of nitrogens with one attached hydrogen (secondary N) is 1. The monoisotopic (exact) mass is 312 g/mol. The van der Waals surface area contributed by atoms with E-state index in [2.05, 4.69) is 25.9 Å². The topological polar surface area (TPSA) is 66.0 Å². The van der Waals surface area contributed by atoms with E-state index >= 15 is 0 Å². The molecule has 0 bridgehead atoms. The third-order valence-corrected chi connectivity index (χ3v) is 3.52. The third kappa shape index (κ3) is 3.61. The van der Waals surface area contributed by atoms with Crippen LogP contribution in [0.5, 0.6) is 5.88 Å². The molecule has 2 aromatic rings. The van der Waals surface area contributed by atoms with Crippen LogP contribution in [0.1, 0.15) is 5.82 Å². The van der Waals surface area contributed by atoms with E-state index in [1.54, 1.807) is 0 Å². The SMILES string of the molecule is O=c1cc(O)nc(CSc2ccc(Br)cc2)[nH]1. The minimum absolute atomic E-state index is 0.250. The average molecular weight is 313 g/mol. The Balaban J connectivity index is 2.07. The van der Waals surface area contributed by atoms with E-state index in [4.69, 9.17) is 0 Å². The summed E-state index contributed by atoms with van der Waals surface area (Å²) in [5.74, 6) is 0.716. The first-order valence-electron chi connectivity index (χ1n) is 4.81. The second kappa shape index (κ2) is 5.37. The second-order valence-corrected chi connectivity index (χ2v) is 5.26. The first kappa shape index (κ1) is 12.2. The summed E-state index contributed by atoms with van der Waals surface area (Å²) in [5, 5.41) is 9.18. The largest absolute Gasteiger partial charge is 0.493 e. The highest BCUT2D eigenvalue weighted by Gasteiger charge is 2.01. The molecule has 1 aromatic heterocycles. The number of aromatic hydroxyl groups is 1. The normalized spacial score (nSPS) is 10.4. The van der Waals surface area contributed by atoms with E-state index in [-0.39, 0.29) is 11.4 Å². The highest BCUT2D eigenvalue weighted by atomic mass is 79.9. The molecule has 0 fully saturated rings. The minimum atomic E-state index is -0.344. The van der Waals surface area contributed by atoms with Crippen molar-refractivity contribution >= 4 is 27.7 Å². The van der Waals surface area contributed by atoms with Gasteiger partial charge < -0.3 is 10.1 Å². The number of rotatable bonds is 3. The van der Waals surface area contributed by atoms with Crippen molar-refractivity contribution in [3.05, 3.63) is 51.0 Å². The number of aromatic amines is 1. The Labute approximate surface area is 110 Å². The molecule has 17 heavy (non-hydrogen) atoms. The lowest BCUT2D eigenvalue weighted by atomic mass is 10.4. The number of aromatic nitrogens is 2. The van der Waals surface area contributed by atoms with E-state index in [0.29, 0.717) is 11.6 Å². The van der Waals surface area contributed by atoms with E-state index in [9.17, 15) is 9.90 Å². The molecule has 1 heterocycles. The number of H-pyrrole nitrogens is 1. The van der Waals surface area contributed by atoms with Crippen LogP contribution in [-0.4, -0.2) is 15.1 Å². The predicted molar refractivity (Wildman–Crippen MR) is 70.2 cm³/mol. The summed E-state index contributed by atoms with van der Waals surface area (Å²) < 4.78 is 1.02. The van der Waals surface area contributed by atoms with Crippen molar-refractivity contribution in [2.75, 3.05) is 0 Å². The fourth-order valence-corrected chi connectivity index (χ4v) is 2.28. The molecule has 0 saturated heterocycles. The van der Waals surface area contributed by atoms with Crippen LogP contribution >= 0.6 is 27.7 Å². The Morgan fingerprint density at radius 1 is 1.35 bits per heavy atom. The quantitative estimate of drug-likeness (QED) is 0.855. The van der Waals surface area contributed by atoms with E-state index in [1.807, 2.05) is 24.3 Å². The van der Waals surface area contributed by atoms with Gasteiger partial charge in [0.15, 0.2) is 0 Å². The van der Waals surface area contributed by atoms with Crippen LogP contribution in [0.15, 0.2) is 44.5 Å². The molecule has 6 heteroatoms. The van der Waals surface area contributed by atoms with Crippen LogP contribution in [0.2, 0.25) is 0 Å². The molecule has 0 amide bonds. The van der Waals surface area contributed by atoms with Crippen LogP contribution < -0.4 is 5.56 Å². The van der Waals surface area contributed by atoms with Gasteiger partial charge in [0.25, 0.3) is 5.56 Å². The number of hydrogen-bond donors (Lipinski definition) is 2. The lowest BCUT2D eigenvalue weighted by molar-refractivity contribution is 0.449. The average Bonchev–Trinajstić information content (AvgIpc) is 2.27. The van der Waals surface area contributed by atoms with Gasteiger partial charge in [0.1, 0.15) is 5.82 Å². The molecule has 0 aliphatic heterocycles. The molecular weight excluding hydrogens is 304 g/mol. The van der Waals surface area contributed by atoms with E-state index in [1.165, 1.54) is 11.8 Å². The number of thioether (sulfide) groups is 1. The number of hydrogen-bond acceptors (Lipinski definition) is 4. The van der Waals surface area contributed by atoms with Crippen LogP contribution in [0.25, 0.3) is 0 Å². The molecule has 88 valence electrons. The van der Waals surface area contributed by atoms with E-state index < -0.39 is 0 Å². The summed E-state index contributed by atoms with van der Waals surface area (Å²) in [6, 6.07) is 8.88. The maximum absolute atomic E-state index is 11.1. The number of nitrogens with zero attached hydrogens (tertiary/aromatic N) is 1. The zero-order valence-electron chi connectivity index (χ0n) is 8.68. The maximum atomic E-state index is 11.1. The van der Waals surface area contributed by atoms with Gasteiger partial charge in [0.2, 0.25) is 5.88 Å².